The maximum atomic E-state index is 12.2. The first kappa shape index (κ1) is 12.4. The second-order valence-electron chi connectivity index (χ2n) is 3.53. The molecule has 0 fully saturated rings. The minimum Gasteiger partial charge on any atom is -0.494 e. The molecule has 0 bridgehead atoms. The summed E-state index contributed by atoms with van der Waals surface area (Å²) in [6, 6.07) is 8.73. The van der Waals surface area contributed by atoms with Crippen molar-refractivity contribution in [3.63, 3.8) is 0 Å². The molecule has 18 heavy (non-hydrogen) atoms. The third kappa shape index (κ3) is 2.01. The molecule has 0 aromatic heterocycles. The van der Waals surface area contributed by atoms with Crippen molar-refractivity contribution < 1.29 is 14.3 Å². The van der Waals surface area contributed by atoms with Gasteiger partial charge in [-0.25, -0.2) is 4.79 Å². The van der Waals surface area contributed by atoms with E-state index in [0.29, 0.717) is 16.2 Å². The second-order valence-corrected chi connectivity index (χ2v) is 5.18. The van der Waals surface area contributed by atoms with Gasteiger partial charge in [0.1, 0.15) is 10.8 Å². The Bertz CT molecular complexity index is 610. The summed E-state index contributed by atoms with van der Waals surface area (Å²) in [5.74, 6) is 0.137. The number of allylic oxidation sites excluding steroid dienone is 2. The zero-order valence-corrected chi connectivity index (χ0v) is 10.5. The van der Waals surface area contributed by atoms with Crippen molar-refractivity contribution >= 4 is 21.5 Å². The minimum absolute atomic E-state index is 0.225. The van der Waals surface area contributed by atoms with Crippen molar-refractivity contribution in [3.8, 4) is 0 Å². The van der Waals surface area contributed by atoms with Crippen LogP contribution in [0, 0.1) is 0 Å². The number of ketones is 1. The third-order valence-electron chi connectivity index (χ3n) is 2.51. The molecule has 1 aliphatic heterocycles. The zero-order chi connectivity index (χ0) is 13.1. The molecular weight excluding hydrogens is 250 g/mol. The molecule has 0 radical (unpaired) electrons. The SMILES string of the molecule is COC1=C(N)S(=C=O)C(C(=O)c2ccccc2)=C1. The molecule has 0 spiro atoms. The van der Waals surface area contributed by atoms with Crippen molar-refractivity contribution in [2.45, 2.75) is 0 Å². The topological polar surface area (TPSA) is 69.4 Å². The van der Waals surface area contributed by atoms with Gasteiger partial charge >= 0.3 is 0 Å². The number of carbonyl (C=O) groups excluding carboxylic acids is 2. The molecule has 0 aliphatic carbocycles. The molecule has 5 heteroatoms. The molecule has 1 atom stereocenters. The van der Waals surface area contributed by atoms with E-state index < -0.39 is 10.5 Å². The van der Waals surface area contributed by atoms with E-state index in [4.69, 9.17) is 10.5 Å². The molecule has 1 heterocycles. The molecule has 0 saturated heterocycles. The predicted octanol–water partition coefficient (Wildman–Crippen LogP) is 1.88. The minimum atomic E-state index is -1.14. The molecule has 1 aromatic rings. The van der Waals surface area contributed by atoms with Crippen LogP contribution in [-0.4, -0.2) is 18.1 Å². The van der Waals surface area contributed by atoms with Crippen LogP contribution in [0.1, 0.15) is 10.4 Å². The molecule has 1 aliphatic rings. The van der Waals surface area contributed by atoms with Crippen LogP contribution in [0.15, 0.2) is 52.1 Å². The van der Waals surface area contributed by atoms with Crippen molar-refractivity contribution in [1.82, 2.24) is 0 Å². The van der Waals surface area contributed by atoms with E-state index in [1.54, 1.807) is 29.5 Å². The quantitative estimate of drug-likeness (QED) is 0.666. The number of nitrogens with two attached hydrogens (primary N) is 1. The fourth-order valence-electron chi connectivity index (χ4n) is 1.61. The summed E-state index contributed by atoms with van der Waals surface area (Å²) in [7, 11) is 0.306. The first-order valence-corrected chi connectivity index (χ1v) is 6.38. The normalized spacial score (nSPS) is 18.3. The Labute approximate surface area is 107 Å². The molecule has 4 nitrogen and oxygen atoms in total. The van der Waals surface area contributed by atoms with Crippen molar-refractivity contribution in [1.29, 1.82) is 0 Å². The summed E-state index contributed by atoms with van der Waals surface area (Å²) in [6.45, 7) is 0. The van der Waals surface area contributed by atoms with Gasteiger partial charge in [-0.2, -0.15) is 0 Å². The molecule has 2 rings (SSSR count). The Kier molecular flexibility index (Phi) is 3.46. The van der Waals surface area contributed by atoms with E-state index in [9.17, 15) is 9.59 Å². The van der Waals surface area contributed by atoms with E-state index in [2.05, 4.69) is 0 Å². The molecule has 1 unspecified atom stereocenters. The summed E-state index contributed by atoms with van der Waals surface area (Å²) < 4.78 is 5.03. The number of benzene rings is 1. The van der Waals surface area contributed by atoms with Gasteiger partial charge in [0.25, 0.3) is 0 Å². The number of carbonyl (C=O) groups is 1. The van der Waals surface area contributed by atoms with Crippen LogP contribution >= 0.6 is 10.5 Å². The highest BCUT2D eigenvalue weighted by Gasteiger charge is 2.26. The number of rotatable bonds is 3. The smallest absolute Gasteiger partial charge is 0.200 e. The summed E-state index contributed by atoms with van der Waals surface area (Å²) in [4.78, 5) is 23.5. The first-order chi connectivity index (χ1) is 8.69. The number of hydrogen-bond acceptors (Lipinski definition) is 4. The van der Waals surface area contributed by atoms with Crippen LogP contribution in [0.3, 0.4) is 0 Å². The lowest BCUT2D eigenvalue weighted by molar-refractivity contribution is 0.104. The highest BCUT2D eigenvalue weighted by atomic mass is 32.2. The van der Waals surface area contributed by atoms with Gasteiger partial charge in [0.05, 0.1) is 12.0 Å². The van der Waals surface area contributed by atoms with Crippen LogP contribution in [0.5, 0.6) is 0 Å². The summed E-state index contributed by atoms with van der Waals surface area (Å²) >= 11 is 0. The monoisotopic (exact) mass is 261 g/mol. The molecule has 0 saturated carbocycles. The van der Waals surface area contributed by atoms with Gasteiger partial charge in [0.2, 0.25) is 0 Å². The average Bonchev–Trinajstić information content (AvgIpc) is 2.75. The van der Waals surface area contributed by atoms with Gasteiger partial charge in [-0.1, -0.05) is 30.3 Å². The van der Waals surface area contributed by atoms with Gasteiger partial charge in [-0.15, -0.1) is 0 Å². The molecule has 0 amide bonds. The summed E-state index contributed by atoms with van der Waals surface area (Å²) in [6.07, 6.45) is 1.51. The van der Waals surface area contributed by atoms with E-state index in [1.807, 2.05) is 6.07 Å². The van der Waals surface area contributed by atoms with Gasteiger partial charge in [-0.05, 0) is 10.5 Å². The first-order valence-electron chi connectivity index (χ1n) is 5.16. The number of hydrogen-bond donors (Lipinski definition) is 1. The summed E-state index contributed by atoms with van der Waals surface area (Å²) in [5.41, 5.74) is 6.27. The second kappa shape index (κ2) is 5.04. The van der Waals surface area contributed by atoms with Crippen molar-refractivity contribution in [3.05, 3.63) is 57.7 Å². The van der Waals surface area contributed by atoms with Gasteiger partial charge in [-0.3, -0.25) is 4.79 Å². The maximum Gasteiger partial charge on any atom is 0.200 e. The van der Waals surface area contributed by atoms with Crippen LogP contribution in [0.4, 0.5) is 0 Å². The van der Waals surface area contributed by atoms with Crippen LogP contribution < -0.4 is 5.73 Å². The van der Waals surface area contributed by atoms with Crippen LogP contribution in [0.2, 0.25) is 0 Å². The molecule has 2 N–H and O–H groups in total. The summed E-state index contributed by atoms with van der Waals surface area (Å²) in [5, 5.41) is 2.06. The lowest BCUT2D eigenvalue weighted by Crippen LogP contribution is -2.02. The molecular formula is C13H11NO3S. The molecule has 92 valence electrons. The standard InChI is InChI=1S/C13H11NO3S/c1-17-10-7-11(18(8-15)13(10)14)12(16)9-5-3-2-4-6-9/h2-7H,14H2,1H3. The predicted molar refractivity (Wildman–Crippen MR) is 70.4 cm³/mol. The highest BCUT2D eigenvalue weighted by molar-refractivity contribution is 8.22. The van der Waals surface area contributed by atoms with Crippen LogP contribution in [-0.2, 0) is 9.53 Å². The Morgan fingerprint density at radius 3 is 2.56 bits per heavy atom. The van der Waals surface area contributed by atoms with Crippen molar-refractivity contribution in [2.75, 3.05) is 7.11 Å². The average molecular weight is 261 g/mol. The van der Waals surface area contributed by atoms with E-state index in [-0.39, 0.29) is 10.8 Å². The zero-order valence-electron chi connectivity index (χ0n) is 9.67. The Balaban J connectivity index is 2.43. The Morgan fingerprint density at radius 2 is 2.00 bits per heavy atom. The van der Waals surface area contributed by atoms with Crippen LogP contribution in [0.25, 0.3) is 0 Å². The van der Waals surface area contributed by atoms with Gasteiger partial charge in [0, 0.05) is 11.6 Å². The third-order valence-corrected chi connectivity index (χ3v) is 4.06. The largest absolute Gasteiger partial charge is 0.494 e. The highest BCUT2D eigenvalue weighted by Crippen LogP contribution is 2.40. The number of ether oxygens (including phenoxy) is 1. The lowest BCUT2D eigenvalue weighted by atomic mass is 10.1. The number of methoxy groups -OCH3 is 1. The van der Waals surface area contributed by atoms with Gasteiger partial charge < -0.3 is 10.5 Å². The Morgan fingerprint density at radius 1 is 1.33 bits per heavy atom. The fraction of sp³-hybridized carbons (Fsp3) is 0.0769. The van der Waals surface area contributed by atoms with E-state index >= 15 is 0 Å². The van der Waals surface area contributed by atoms with E-state index in [1.165, 1.54) is 13.2 Å². The molecule has 1 aromatic carbocycles. The van der Waals surface area contributed by atoms with Crippen molar-refractivity contribution in [2.24, 2.45) is 5.73 Å². The lowest BCUT2D eigenvalue weighted by Gasteiger charge is -2.03. The maximum absolute atomic E-state index is 12.2. The van der Waals surface area contributed by atoms with E-state index in [0.717, 1.165) is 0 Å². The Hall–Kier alpha value is -2.10. The fourth-order valence-corrected chi connectivity index (χ4v) is 2.90. The van der Waals surface area contributed by atoms with Gasteiger partial charge in [0.15, 0.2) is 11.0 Å². The number of Topliss-reactive ketones (excluding diaryl/α,β-unsaturated/α-hetero) is 1.